The van der Waals surface area contributed by atoms with Crippen molar-refractivity contribution in [2.24, 2.45) is 0 Å². The van der Waals surface area contributed by atoms with E-state index in [0.29, 0.717) is 16.8 Å². The van der Waals surface area contributed by atoms with Gasteiger partial charge >= 0.3 is 0 Å². The lowest BCUT2D eigenvalue weighted by atomic mass is 10.1. The van der Waals surface area contributed by atoms with Crippen LogP contribution in [0.1, 0.15) is 15.9 Å². The van der Waals surface area contributed by atoms with Gasteiger partial charge in [-0.05, 0) is 55.0 Å². The first-order valence-electron chi connectivity index (χ1n) is 8.50. The molecule has 3 aromatic rings. The molecule has 0 aliphatic heterocycles. The molecular formula is C21H19FN2O3S. The van der Waals surface area contributed by atoms with Crippen molar-refractivity contribution >= 4 is 27.3 Å². The molecule has 0 saturated heterocycles. The lowest BCUT2D eigenvalue weighted by molar-refractivity contribution is 0.0993. The molecule has 0 aromatic heterocycles. The summed E-state index contributed by atoms with van der Waals surface area (Å²) in [6.07, 6.45) is 0. The Morgan fingerprint density at radius 1 is 0.964 bits per heavy atom. The Morgan fingerprint density at radius 3 is 2.36 bits per heavy atom. The van der Waals surface area contributed by atoms with Crippen molar-refractivity contribution < 1.29 is 17.6 Å². The highest BCUT2D eigenvalue weighted by molar-refractivity contribution is 7.92. The van der Waals surface area contributed by atoms with Gasteiger partial charge < -0.3 is 4.90 Å². The van der Waals surface area contributed by atoms with E-state index in [-0.39, 0.29) is 16.5 Å². The molecule has 0 aliphatic carbocycles. The van der Waals surface area contributed by atoms with Crippen LogP contribution in [0, 0.1) is 12.7 Å². The van der Waals surface area contributed by atoms with Crippen molar-refractivity contribution in [3.63, 3.8) is 0 Å². The van der Waals surface area contributed by atoms with E-state index in [2.05, 4.69) is 4.72 Å². The van der Waals surface area contributed by atoms with Gasteiger partial charge in [-0.3, -0.25) is 9.52 Å². The molecule has 0 fully saturated rings. The molecule has 0 spiro atoms. The average molecular weight is 398 g/mol. The van der Waals surface area contributed by atoms with Gasteiger partial charge in [0.25, 0.3) is 15.9 Å². The van der Waals surface area contributed by atoms with Gasteiger partial charge in [0.1, 0.15) is 5.82 Å². The van der Waals surface area contributed by atoms with Crippen LogP contribution in [0.5, 0.6) is 0 Å². The number of nitrogens with zero attached hydrogens (tertiary/aromatic N) is 1. The standard InChI is InChI=1S/C21H19FN2O3S/c1-15-11-12-19(14-20(15)22)28(26,27)23-17-8-6-7-16(13-17)21(25)24(2)18-9-4-3-5-10-18/h3-14,23H,1-2H3. The summed E-state index contributed by atoms with van der Waals surface area (Å²) in [5.74, 6) is -0.884. The van der Waals surface area contributed by atoms with Gasteiger partial charge in [0.15, 0.2) is 0 Å². The predicted octanol–water partition coefficient (Wildman–Crippen LogP) is 4.21. The molecule has 1 amide bonds. The average Bonchev–Trinajstić information content (AvgIpc) is 2.69. The second-order valence-electron chi connectivity index (χ2n) is 6.30. The molecule has 3 rings (SSSR count). The maximum atomic E-state index is 13.7. The van der Waals surface area contributed by atoms with Crippen molar-refractivity contribution in [2.75, 3.05) is 16.7 Å². The van der Waals surface area contributed by atoms with E-state index in [9.17, 15) is 17.6 Å². The van der Waals surface area contributed by atoms with E-state index in [1.807, 2.05) is 18.2 Å². The molecule has 144 valence electrons. The second kappa shape index (κ2) is 7.82. The SMILES string of the molecule is Cc1ccc(S(=O)(=O)Nc2cccc(C(=O)N(C)c3ccccc3)c2)cc1F. The quantitative estimate of drug-likeness (QED) is 0.700. The lowest BCUT2D eigenvalue weighted by Crippen LogP contribution is -2.26. The molecule has 7 heteroatoms. The van der Waals surface area contributed by atoms with E-state index < -0.39 is 15.8 Å². The number of benzene rings is 3. The van der Waals surface area contributed by atoms with E-state index in [1.54, 1.807) is 38.2 Å². The van der Waals surface area contributed by atoms with Crippen molar-refractivity contribution in [3.05, 3.63) is 89.7 Å². The number of carbonyl (C=O) groups excluding carboxylic acids is 1. The summed E-state index contributed by atoms with van der Waals surface area (Å²) in [5.41, 5.74) is 1.61. The largest absolute Gasteiger partial charge is 0.311 e. The number of sulfonamides is 1. The minimum absolute atomic E-state index is 0.186. The van der Waals surface area contributed by atoms with Crippen LogP contribution in [0.15, 0.2) is 77.7 Å². The van der Waals surface area contributed by atoms with E-state index in [4.69, 9.17) is 0 Å². The number of aryl methyl sites for hydroxylation is 1. The molecule has 0 radical (unpaired) electrons. The number of carbonyl (C=O) groups is 1. The number of halogens is 1. The summed E-state index contributed by atoms with van der Waals surface area (Å²) in [4.78, 5) is 14.0. The molecule has 28 heavy (non-hydrogen) atoms. The van der Waals surface area contributed by atoms with Gasteiger partial charge in [-0.25, -0.2) is 12.8 Å². The summed E-state index contributed by atoms with van der Waals surface area (Å²) < 4.78 is 41.2. The number of anilines is 2. The first kappa shape index (κ1) is 19.6. The zero-order chi connectivity index (χ0) is 20.3. The molecule has 0 aliphatic rings. The smallest absolute Gasteiger partial charge is 0.261 e. The second-order valence-corrected chi connectivity index (χ2v) is 7.98. The number of hydrogen-bond donors (Lipinski definition) is 1. The summed E-state index contributed by atoms with van der Waals surface area (Å²) in [7, 11) is -2.34. The Bertz CT molecular complexity index is 1120. The zero-order valence-electron chi connectivity index (χ0n) is 15.4. The summed E-state index contributed by atoms with van der Waals surface area (Å²) in [6.45, 7) is 1.55. The highest BCUT2D eigenvalue weighted by Gasteiger charge is 2.18. The van der Waals surface area contributed by atoms with Crippen LogP contribution in [0.4, 0.5) is 15.8 Å². The molecule has 0 saturated carbocycles. The van der Waals surface area contributed by atoms with Crippen LogP contribution in [-0.2, 0) is 10.0 Å². The maximum Gasteiger partial charge on any atom is 0.261 e. The molecular weight excluding hydrogens is 379 g/mol. The summed E-state index contributed by atoms with van der Waals surface area (Å²) in [6, 6.07) is 19.0. The first-order chi connectivity index (χ1) is 13.3. The fraction of sp³-hybridized carbons (Fsp3) is 0.0952. The Labute approximate surface area is 163 Å². The molecule has 3 aromatic carbocycles. The summed E-state index contributed by atoms with van der Waals surface area (Å²) in [5, 5.41) is 0. The monoisotopic (exact) mass is 398 g/mol. The molecule has 0 atom stereocenters. The lowest BCUT2D eigenvalue weighted by Gasteiger charge is -2.18. The maximum absolute atomic E-state index is 13.7. The molecule has 5 nitrogen and oxygen atoms in total. The van der Waals surface area contributed by atoms with Crippen LogP contribution >= 0.6 is 0 Å². The van der Waals surface area contributed by atoms with Gasteiger partial charge in [-0.2, -0.15) is 0 Å². The normalized spacial score (nSPS) is 11.1. The number of hydrogen-bond acceptors (Lipinski definition) is 3. The highest BCUT2D eigenvalue weighted by atomic mass is 32.2. The minimum atomic E-state index is -3.98. The van der Waals surface area contributed by atoms with E-state index in [0.717, 1.165) is 6.07 Å². The fourth-order valence-corrected chi connectivity index (χ4v) is 3.69. The number of rotatable bonds is 5. The third-order valence-corrected chi connectivity index (χ3v) is 5.64. The first-order valence-corrected chi connectivity index (χ1v) is 9.98. The van der Waals surface area contributed by atoms with Crippen molar-refractivity contribution in [1.82, 2.24) is 0 Å². The molecule has 0 unspecified atom stereocenters. The number of para-hydroxylation sites is 1. The Hall–Kier alpha value is -3.19. The van der Waals surface area contributed by atoms with Crippen molar-refractivity contribution in [3.8, 4) is 0 Å². The van der Waals surface area contributed by atoms with E-state index >= 15 is 0 Å². The van der Waals surface area contributed by atoms with Gasteiger partial charge in [0.05, 0.1) is 4.90 Å². The van der Waals surface area contributed by atoms with Crippen molar-refractivity contribution in [1.29, 1.82) is 0 Å². The minimum Gasteiger partial charge on any atom is -0.311 e. The predicted molar refractivity (Wildman–Crippen MR) is 108 cm³/mol. The van der Waals surface area contributed by atoms with Gasteiger partial charge in [0, 0.05) is 24.0 Å². The fourth-order valence-electron chi connectivity index (χ4n) is 2.63. The Morgan fingerprint density at radius 2 is 1.68 bits per heavy atom. The third kappa shape index (κ3) is 4.20. The van der Waals surface area contributed by atoms with Crippen LogP contribution in [0.25, 0.3) is 0 Å². The number of amides is 1. The van der Waals surface area contributed by atoms with Crippen LogP contribution in [-0.4, -0.2) is 21.4 Å². The molecule has 0 bridgehead atoms. The highest BCUT2D eigenvalue weighted by Crippen LogP contribution is 2.21. The van der Waals surface area contributed by atoms with Gasteiger partial charge in [-0.1, -0.05) is 30.3 Å². The van der Waals surface area contributed by atoms with Crippen LogP contribution < -0.4 is 9.62 Å². The number of nitrogens with one attached hydrogen (secondary N) is 1. The molecule has 0 heterocycles. The Balaban J connectivity index is 1.85. The Kier molecular flexibility index (Phi) is 5.46. The third-order valence-electron chi connectivity index (χ3n) is 4.26. The van der Waals surface area contributed by atoms with Gasteiger partial charge in [-0.15, -0.1) is 0 Å². The van der Waals surface area contributed by atoms with E-state index in [1.165, 1.54) is 29.2 Å². The topological polar surface area (TPSA) is 66.5 Å². The zero-order valence-corrected chi connectivity index (χ0v) is 16.2. The van der Waals surface area contributed by atoms with Crippen LogP contribution in [0.2, 0.25) is 0 Å². The molecule has 1 N–H and O–H groups in total. The van der Waals surface area contributed by atoms with Crippen LogP contribution in [0.3, 0.4) is 0 Å². The van der Waals surface area contributed by atoms with Crippen molar-refractivity contribution in [2.45, 2.75) is 11.8 Å². The van der Waals surface area contributed by atoms with Gasteiger partial charge in [0.2, 0.25) is 0 Å². The summed E-state index contributed by atoms with van der Waals surface area (Å²) >= 11 is 0.